The van der Waals surface area contributed by atoms with Gasteiger partial charge in [0.15, 0.2) is 0 Å². The summed E-state index contributed by atoms with van der Waals surface area (Å²) in [5.41, 5.74) is 6.51. The first kappa shape index (κ1) is 26.4. The molecule has 0 radical (unpaired) electrons. The van der Waals surface area contributed by atoms with Crippen molar-refractivity contribution < 1.29 is 19.1 Å². The van der Waals surface area contributed by atoms with E-state index in [1.807, 2.05) is 37.3 Å². The van der Waals surface area contributed by atoms with Gasteiger partial charge in [0, 0.05) is 27.4 Å². The van der Waals surface area contributed by atoms with Gasteiger partial charge in [0.05, 0.1) is 12.6 Å². The number of likely N-dealkylation sites (tertiary alicyclic amines) is 1. The fourth-order valence-electron chi connectivity index (χ4n) is 5.11. The van der Waals surface area contributed by atoms with Crippen LogP contribution in [0.3, 0.4) is 0 Å². The van der Waals surface area contributed by atoms with Crippen LogP contribution in [0, 0.1) is 10.8 Å². The first-order valence-electron chi connectivity index (χ1n) is 12.8. The van der Waals surface area contributed by atoms with Gasteiger partial charge in [0.2, 0.25) is 11.8 Å². The second kappa shape index (κ2) is 10.5. The third-order valence-corrected chi connectivity index (χ3v) is 8.55. The molecule has 1 aliphatic carbocycles. The maximum absolute atomic E-state index is 13.2. The molecule has 1 aliphatic heterocycles. The van der Waals surface area contributed by atoms with Crippen LogP contribution in [0.5, 0.6) is 11.5 Å². The Morgan fingerprint density at radius 3 is 2.46 bits per heavy atom. The first-order chi connectivity index (χ1) is 18.6. The number of fused-ring (bicyclic) bond motifs is 1. The van der Waals surface area contributed by atoms with Gasteiger partial charge in [0.25, 0.3) is 5.91 Å². The Morgan fingerprint density at radius 1 is 1.10 bits per heavy atom. The number of para-hydroxylation sites is 1. The molecule has 1 saturated carbocycles. The van der Waals surface area contributed by atoms with Crippen molar-refractivity contribution in [2.75, 3.05) is 6.54 Å². The zero-order chi connectivity index (χ0) is 27.7. The third-order valence-electron chi connectivity index (χ3n) is 7.44. The van der Waals surface area contributed by atoms with Crippen LogP contribution in [0.2, 0.25) is 0 Å². The highest BCUT2D eigenvalue weighted by atomic mass is 32.1. The Balaban J connectivity index is 1.18. The van der Waals surface area contributed by atoms with Gasteiger partial charge in [0.1, 0.15) is 23.4 Å². The van der Waals surface area contributed by atoms with Crippen LogP contribution in [0.1, 0.15) is 53.5 Å². The van der Waals surface area contributed by atoms with Crippen LogP contribution in [-0.4, -0.2) is 47.1 Å². The molecule has 4 atom stereocenters. The van der Waals surface area contributed by atoms with Gasteiger partial charge in [-0.05, 0) is 67.6 Å². The van der Waals surface area contributed by atoms with Crippen molar-refractivity contribution in [3.8, 4) is 11.5 Å². The zero-order valence-corrected chi connectivity index (χ0v) is 22.6. The molecular weight excluding hydrogens is 514 g/mol. The fourth-order valence-corrected chi connectivity index (χ4v) is 6.03. The lowest BCUT2D eigenvalue weighted by Gasteiger charge is -2.28. The van der Waals surface area contributed by atoms with Gasteiger partial charge < -0.3 is 26.0 Å². The van der Waals surface area contributed by atoms with E-state index in [9.17, 15) is 14.4 Å². The molecule has 2 aromatic carbocycles. The molecule has 1 aromatic heterocycles. The second-order valence-electron chi connectivity index (χ2n) is 10.4. The minimum absolute atomic E-state index is 0.00608. The molecule has 3 aromatic rings. The van der Waals surface area contributed by atoms with E-state index in [0.29, 0.717) is 29.0 Å². The Hall–Kier alpha value is -4.18. The number of nitrogens with one attached hydrogen (secondary N) is 3. The summed E-state index contributed by atoms with van der Waals surface area (Å²) in [6.07, 6.45) is 1.43. The van der Waals surface area contributed by atoms with E-state index in [4.69, 9.17) is 15.9 Å². The number of hydrogen-bond acceptors (Lipinski definition) is 6. The molecule has 5 N–H and O–H groups in total. The Morgan fingerprint density at radius 2 is 1.79 bits per heavy atom. The van der Waals surface area contributed by atoms with Crippen molar-refractivity contribution in [2.24, 2.45) is 11.1 Å². The van der Waals surface area contributed by atoms with Crippen molar-refractivity contribution in [1.82, 2.24) is 15.5 Å². The maximum atomic E-state index is 13.2. The van der Waals surface area contributed by atoms with Crippen LogP contribution >= 0.6 is 11.3 Å². The number of nitrogen functional groups attached to an aromatic ring is 1. The minimum Gasteiger partial charge on any atom is -0.457 e. The lowest BCUT2D eigenvalue weighted by molar-refractivity contribution is -0.139. The third kappa shape index (κ3) is 5.65. The SMILES string of the molecule is C[C@@H](NC(=O)[C@@H]1C[C@]2(C)C[C@@H]2N1C(=O)CNC(=O)c1ccc(Oc2ccccc2)cc1)c1cc(C(=N)N)cs1. The topological polar surface area (TPSA) is 138 Å². The van der Waals surface area contributed by atoms with E-state index in [0.717, 1.165) is 11.3 Å². The van der Waals surface area contributed by atoms with E-state index >= 15 is 0 Å². The number of rotatable bonds is 9. The highest BCUT2D eigenvalue weighted by Crippen LogP contribution is 2.59. The predicted octanol–water partition coefficient (Wildman–Crippen LogP) is 3.81. The number of ether oxygens (including phenoxy) is 1. The van der Waals surface area contributed by atoms with E-state index in [-0.39, 0.29) is 47.6 Å². The fraction of sp³-hybridized carbons (Fsp3) is 0.310. The highest BCUT2D eigenvalue weighted by molar-refractivity contribution is 7.10. The summed E-state index contributed by atoms with van der Waals surface area (Å²) in [6.45, 7) is 3.76. The van der Waals surface area contributed by atoms with Crippen molar-refractivity contribution in [1.29, 1.82) is 5.41 Å². The number of benzene rings is 2. The number of carbonyl (C=O) groups excluding carboxylic acids is 3. The molecule has 5 rings (SSSR count). The second-order valence-corrected chi connectivity index (χ2v) is 11.3. The monoisotopic (exact) mass is 545 g/mol. The minimum atomic E-state index is -0.595. The van der Waals surface area contributed by atoms with Gasteiger partial charge >= 0.3 is 0 Å². The lowest BCUT2D eigenvalue weighted by Crippen LogP contribution is -2.51. The Bertz CT molecular complexity index is 1410. The van der Waals surface area contributed by atoms with E-state index in [1.54, 1.807) is 40.6 Å². The van der Waals surface area contributed by atoms with Gasteiger partial charge in [-0.1, -0.05) is 25.1 Å². The number of nitrogens with zero attached hydrogens (tertiary/aromatic N) is 1. The van der Waals surface area contributed by atoms with Crippen LogP contribution in [0.25, 0.3) is 0 Å². The Labute approximate surface area is 230 Å². The van der Waals surface area contributed by atoms with Crippen LogP contribution in [-0.2, 0) is 9.59 Å². The summed E-state index contributed by atoms with van der Waals surface area (Å²) in [7, 11) is 0. The number of amides is 3. The molecule has 0 spiro atoms. The highest BCUT2D eigenvalue weighted by Gasteiger charge is 2.64. The molecule has 3 amide bonds. The molecule has 2 aliphatic rings. The van der Waals surface area contributed by atoms with Crippen LogP contribution in [0.15, 0.2) is 66.0 Å². The number of piperidine rings is 1. The van der Waals surface area contributed by atoms with Crippen molar-refractivity contribution in [3.05, 3.63) is 82.0 Å². The maximum Gasteiger partial charge on any atom is 0.251 e. The molecule has 0 unspecified atom stereocenters. The molecule has 1 saturated heterocycles. The van der Waals surface area contributed by atoms with Gasteiger partial charge in [-0.25, -0.2) is 0 Å². The largest absolute Gasteiger partial charge is 0.457 e. The molecular formula is C29H31N5O4S. The molecule has 0 bridgehead atoms. The molecule has 2 heterocycles. The summed E-state index contributed by atoms with van der Waals surface area (Å²) in [4.78, 5) is 41.8. The molecule has 2 fully saturated rings. The smallest absolute Gasteiger partial charge is 0.251 e. The van der Waals surface area contributed by atoms with E-state index in [2.05, 4.69) is 17.6 Å². The number of carbonyl (C=O) groups is 3. The van der Waals surface area contributed by atoms with E-state index in [1.165, 1.54) is 11.3 Å². The normalized spacial score (nSPS) is 21.9. The molecule has 10 heteroatoms. The summed E-state index contributed by atoms with van der Waals surface area (Å²) >= 11 is 1.42. The molecule has 39 heavy (non-hydrogen) atoms. The molecule has 202 valence electrons. The summed E-state index contributed by atoms with van der Waals surface area (Å²) in [6, 6.07) is 16.9. The number of thiophene rings is 1. The van der Waals surface area contributed by atoms with Crippen molar-refractivity contribution >= 4 is 34.9 Å². The average molecular weight is 546 g/mol. The standard InChI is InChI=1S/C29H31N5O4S/c1-17(23-12-19(16-39-23)26(30)31)33-28(37)22-13-29(2)14-24(29)34(22)25(35)15-32-27(36)18-8-10-21(11-9-18)38-20-6-4-3-5-7-20/h3-12,16-17,22,24H,13-15H2,1-2H3,(H3,30,31)(H,32,36)(H,33,37)/t17-,22+,24+,29-/m1/s1. The van der Waals surface area contributed by atoms with E-state index < -0.39 is 6.04 Å². The summed E-state index contributed by atoms with van der Waals surface area (Å²) in [5.74, 6) is 0.407. The van der Waals surface area contributed by atoms with Crippen LogP contribution < -0.4 is 21.1 Å². The number of nitrogens with two attached hydrogens (primary N) is 1. The number of amidine groups is 1. The van der Waals surface area contributed by atoms with Gasteiger partial charge in [-0.15, -0.1) is 11.3 Å². The lowest BCUT2D eigenvalue weighted by atomic mass is 10.0. The van der Waals surface area contributed by atoms with Gasteiger partial charge in [-0.3, -0.25) is 19.8 Å². The average Bonchev–Trinajstić information content (AvgIpc) is 3.25. The quantitative estimate of drug-likeness (QED) is 0.239. The predicted molar refractivity (Wildman–Crippen MR) is 149 cm³/mol. The summed E-state index contributed by atoms with van der Waals surface area (Å²) < 4.78 is 5.76. The Kier molecular flexibility index (Phi) is 7.14. The van der Waals surface area contributed by atoms with Gasteiger partial charge in [-0.2, -0.15) is 0 Å². The zero-order valence-electron chi connectivity index (χ0n) is 21.8. The van der Waals surface area contributed by atoms with Crippen molar-refractivity contribution in [3.63, 3.8) is 0 Å². The van der Waals surface area contributed by atoms with Crippen molar-refractivity contribution in [2.45, 2.75) is 44.8 Å². The summed E-state index contributed by atoms with van der Waals surface area (Å²) in [5, 5.41) is 15.1. The van der Waals surface area contributed by atoms with Crippen LogP contribution in [0.4, 0.5) is 0 Å². The first-order valence-corrected chi connectivity index (χ1v) is 13.7. The number of hydrogen-bond donors (Lipinski definition) is 4. The molecule has 9 nitrogen and oxygen atoms in total.